The maximum Gasteiger partial charge on any atom is 0.416 e. The molecular formula is C26H31F3N2+2. The minimum atomic E-state index is -4.43. The third kappa shape index (κ3) is 4.65. The molecule has 0 saturated heterocycles. The Bertz CT molecular complexity index is 1030. The van der Waals surface area contributed by atoms with Crippen molar-refractivity contribution in [2.45, 2.75) is 52.6 Å². The van der Waals surface area contributed by atoms with Crippen molar-refractivity contribution in [1.82, 2.24) is 0 Å². The minimum absolute atomic E-state index is 0.344. The molecule has 1 aromatic carbocycles. The zero-order valence-corrected chi connectivity index (χ0v) is 19.3. The van der Waals surface area contributed by atoms with Crippen molar-refractivity contribution in [3.05, 3.63) is 71.0 Å². The van der Waals surface area contributed by atoms with Crippen molar-refractivity contribution >= 4 is 0 Å². The molecule has 0 atom stereocenters. The van der Waals surface area contributed by atoms with Gasteiger partial charge >= 0.3 is 6.18 Å². The van der Waals surface area contributed by atoms with Gasteiger partial charge in [0, 0.05) is 23.3 Å². The largest absolute Gasteiger partial charge is 0.416 e. The number of nitrogens with zero attached hydrogens (tertiary/aromatic N) is 2. The number of alkyl halides is 3. The van der Waals surface area contributed by atoms with Gasteiger partial charge in [0.2, 0.25) is 11.4 Å². The third-order valence-corrected chi connectivity index (χ3v) is 5.93. The summed E-state index contributed by atoms with van der Waals surface area (Å²) >= 11 is 0. The van der Waals surface area contributed by atoms with Gasteiger partial charge in [-0.1, -0.05) is 27.7 Å². The van der Waals surface area contributed by atoms with E-state index >= 15 is 0 Å². The van der Waals surface area contributed by atoms with Crippen molar-refractivity contribution in [2.75, 3.05) is 0 Å². The predicted molar refractivity (Wildman–Crippen MR) is 118 cm³/mol. The third-order valence-electron chi connectivity index (χ3n) is 5.93. The number of benzene rings is 1. The van der Waals surface area contributed by atoms with Crippen LogP contribution < -0.4 is 9.13 Å². The van der Waals surface area contributed by atoms with E-state index in [1.165, 1.54) is 12.1 Å². The molecule has 0 saturated carbocycles. The molecule has 0 amide bonds. The van der Waals surface area contributed by atoms with Gasteiger partial charge in [-0.25, -0.2) is 9.13 Å². The Morgan fingerprint density at radius 1 is 0.710 bits per heavy atom. The molecule has 0 aliphatic carbocycles. The summed E-state index contributed by atoms with van der Waals surface area (Å²) in [6, 6.07) is 10.4. The number of rotatable bonds is 4. The molecular weight excluding hydrogens is 397 g/mol. The zero-order chi connectivity index (χ0) is 23.1. The molecule has 2 heterocycles. The summed E-state index contributed by atoms with van der Waals surface area (Å²) in [4.78, 5) is 0. The van der Waals surface area contributed by atoms with E-state index in [1.807, 2.05) is 66.8 Å². The molecule has 3 aromatic rings. The number of hydrogen-bond acceptors (Lipinski definition) is 0. The fourth-order valence-electron chi connectivity index (χ4n) is 3.91. The lowest BCUT2D eigenvalue weighted by molar-refractivity contribution is -0.661. The molecule has 31 heavy (non-hydrogen) atoms. The molecule has 164 valence electrons. The first-order valence-electron chi connectivity index (χ1n) is 10.6. The summed E-state index contributed by atoms with van der Waals surface area (Å²) in [5, 5.41) is 0. The van der Waals surface area contributed by atoms with Crippen LogP contribution in [0.5, 0.6) is 0 Å². The number of hydrogen-bond donors (Lipinski definition) is 0. The lowest BCUT2D eigenvalue weighted by atomic mass is 9.92. The van der Waals surface area contributed by atoms with Crippen LogP contribution in [0.3, 0.4) is 0 Å². The SMILES string of the molecule is Cc1c(-c2ccc(C(C)C)c[n+]2C)cc(C(F)(F)F)cc1-c1ccc(C(C)C)c[n+]1C. The van der Waals surface area contributed by atoms with Gasteiger partial charge in [-0.05, 0) is 48.6 Å². The second-order valence-corrected chi connectivity index (χ2v) is 8.92. The molecule has 0 N–H and O–H groups in total. The Balaban J connectivity index is 2.28. The Morgan fingerprint density at radius 3 is 1.39 bits per heavy atom. The molecule has 3 rings (SSSR count). The molecule has 0 spiro atoms. The van der Waals surface area contributed by atoms with Gasteiger partial charge in [-0.2, -0.15) is 13.2 Å². The first kappa shape index (κ1) is 23.0. The summed E-state index contributed by atoms with van der Waals surface area (Å²) < 4.78 is 45.4. The Labute approximate surface area is 183 Å². The van der Waals surface area contributed by atoms with Crippen LogP contribution in [0, 0.1) is 6.92 Å². The highest BCUT2D eigenvalue weighted by molar-refractivity contribution is 5.74. The van der Waals surface area contributed by atoms with Crippen LogP contribution >= 0.6 is 0 Å². The monoisotopic (exact) mass is 428 g/mol. The topological polar surface area (TPSA) is 7.76 Å². The number of halogens is 3. The standard InChI is InChI=1S/C26H31F3N2/c1-16(2)19-8-10-24(30(6)14-19)22-12-21(26(27,28)29)13-23(18(22)5)25-11-9-20(17(3)4)15-31(25)7/h8-17H,1-7H3/q+2. The highest BCUT2D eigenvalue weighted by Gasteiger charge is 2.34. The van der Waals surface area contributed by atoms with Crippen molar-refractivity contribution in [3.8, 4) is 22.5 Å². The molecule has 0 aliphatic rings. The Morgan fingerprint density at radius 2 is 1.10 bits per heavy atom. The first-order chi connectivity index (χ1) is 14.4. The molecule has 0 aliphatic heterocycles. The molecule has 5 heteroatoms. The molecule has 0 radical (unpaired) electrons. The van der Waals surface area contributed by atoms with Gasteiger partial charge in [0.1, 0.15) is 14.1 Å². The van der Waals surface area contributed by atoms with Crippen LogP contribution in [0.4, 0.5) is 13.2 Å². The molecule has 0 unspecified atom stereocenters. The van der Waals surface area contributed by atoms with Gasteiger partial charge < -0.3 is 0 Å². The van der Waals surface area contributed by atoms with Crippen LogP contribution in [-0.4, -0.2) is 0 Å². The quantitative estimate of drug-likeness (QED) is 0.434. The number of aromatic nitrogens is 2. The highest BCUT2D eigenvalue weighted by atomic mass is 19.4. The number of aryl methyl sites for hydroxylation is 2. The Hall–Kier alpha value is -2.69. The molecule has 2 nitrogen and oxygen atoms in total. The normalized spacial score (nSPS) is 12.1. The van der Waals surface area contributed by atoms with E-state index in [1.54, 1.807) is 0 Å². The minimum Gasteiger partial charge on any atom is -0.201 e. The van der Waals surface area contributed by atoms with Crippen molar-refractivity contribution in [3.63, 3.8) is 0 Å². The predicted octanol–water partition coefficient (Wildman–Crippen LogP) is 6.24. The van der Waals surface area contributed by atoms with E-state index in [9.17, 15) is 13.2 Å². The summed E-state index contributed by atoms with van der Waals surface area (Å²) in [5.41, 5.74) is 5.19. The van der Waals surface area contributed by atoms with Gasteiger partial charge in [0.05, 0.1) is 16.7 Å². The second kappa shape index (κ2) is 8.45. The summed E-state index contributed by atoms with van der Waals surface area (Å²) in [6.07, 6.45) is -0.433. The lowest BCUT2D eigenvalue weighted by Gasteiger charge is -2.15. The van der Waals surface area contributed by atoms with Crippen LogP contribution in [-0.2, 0) is 20.3 Å². The van der Waals surface area contributed by atoms with Crippen LogP contribution in [0.1, 0.15) is 61.8 Å². The maximum absolute atomic E-state index is 13.8. The van der Waals surface area contributed by atoms with E-state index in [0.29, 0.717) is 23.0 Å². The highest BCUT2D eigenvalue weighted by Crippen LogP contribution is 2.38. The number of pyridine rings is 2. The Kier molecular flexibility index (Phi) is 6.26. The van der Waals surface area contributed by atoms with Crippen LogP contribution in [0.2, 0.25) is 0 Å². The van der Waals surface area contributed by atoms with Gasteiger partial charge in [-0.3, -0.25) is 0 Å². The lowest BCUT2D eigenvalue weighted by Crippen LogP contribution is -2.33. The zero-order valence-electron chi connectivity index (χ0n) is 19.3. The van der Waals surface area contributed by atoms with Crippen molar-refractivity contribution in [1.29, 1.82) is 0 Å². The second-order valence-electron chi connectivity index (χ2n) is 8.92. The summed E-state index contributed by atoms with van der Waals surface area (Å²) in [5.74, 6) is 0.689. The smallest absolute Gasteiger partial charge is 0.201 e. The summed E-state index contributed by atoms with van der Waals surface area (Å²) in [7, 11) is 3.77. The van der Waals surface area contributed by atoms with E-state index in [4.69, 9.17) is 0 Å². The van der Waals surface area contributed by atoms with E-state index in [-0.39, 0.29) is 0 Å². The average Bonchev–Trinajstić information content (AvgIpc) is 2.67. The fraction of sp³-hybridized carbons (Fsp3) is 0.385. The molecule has 2 aromatic heterocycles. The van der Waals surface area contributed by atoms with E-state index < -0.39 is 11.7 Å². The fourth-order valence-corrected chi connectivity index (χ4v) is 3.91. The van der Waals surface area contributed by atoms with E-state index in [0.717, 1.165) is 28.1 Å². The maximum atomic E-state index is 13.8. The van der Waals surface area contributed by atoms with Crippen molar-refractivity contribution in [2.24, 2.45) is 14.1 Å². The van der Waals surface area contributed by atoms with Gasteiger partial charge in [-0.15, -0.1) is 0 Å². The van der Waals surface area contributed by atoms with Gasteiger partial charge in [0.25, 0.3) is 0 Å². The summed E-state index contributed by atoms with van der Waals surface area (Å²) in [6.45, 7) is 10.3. The first-order valence-corrected chi connectivity index (χ1v) is 10.6. The molecule has 0 bridgehead atoms. The van der Waals surface area contributed by atoms with Crippen LogP contribution in [0.15, 0.2) is 48.8 Å². The van der Waals surface area contributed by atoms with Crippen molar-refractivity contribution < 1.29 is 22.3 Å². The van der Waals surface area contributed by atoms with Gasteiger partial charge in [0.15, 0.2) is 12.4 Å². The average molecular weight is 429 g/mol. The van der Waals surface area contributed by atoms with Crippen LogP contribution in [0.25, 0.3) is 22.5 Å². The molecule has 0 fully saturated rings. The van der Waals surface area contributed by atoms with E-state index in [2.05, 4.69) is 27.7 Å².